The second-order valence-corrected chi connectivity index (χ2v) is 5.97. The summed E-state index contributed by atoms with van der Waals surface area (Å²) >= 11 is 3.65. The van der Waals surface area contributed by atoms with Crippen molar-refractivity contribution in [2.24, 2.45) is 5.73 Å². The summed E-state index contributed by atoms with van der Waals surface area (Å²) in [6.07, 6.45) is 0.930. The standard InChI is InChI=1S/C14H22BrN3/c1-11-10-17(2)7-8-18(11)13-4-3-12(5-6-16)14(15)9-13/h3-4,9,11H,5-8,10,16H2,1-2H3. The van der Waals surface area contributed by atoms with E-state index in [1.165, 1.54) is 15.7 Å². The van der Waals surface area contributed by atoms with Gasteiger partial charge in [0.1, 0.15) is 0 Å². The van der Waals surface area contributed by atoms with E-state index in [2.05, 4.69) is 57.9 Å². The molecule has 0 radical (unpaired) electrons. The van der Waals surface area contributed by atoms with Crippen LogP contribution in [0.1, 0.15) is 12.5 Å². The van der Waals surface area contributed by atoms with Gasteiger partial charge < -0.3 is 15.5 Å². The minimum atomic E-state index is 0.566. The van der Waals surface area contributed by atoms with Crippen LogP contribution in [0.3, 0.4) is 0 Å². The molecule has 3 nitrogen and oxygen atoms in total. The van der Waals surface area contributed by atoms with Crippen molar-refractivity contribution in [2.75, 3.05) is 38.1 Å². The van der Waals surface area contributed by atoms with Crippen LogP contribution >= 0.6 is 15.9 Å². The molecule has 1 heterocycles. The summed E-state index contributed by atoms with van der Waals surface area (Å²) in [5, 5.41) is 0. The summed E-state index contributed by atoms with van der Waals surface area (Å²) in [5.74, 6) is 0. The van der Waals surface area contributed by atoms with Crippen LogP contribution in [0.15, 0.2) is 22.7 Å². The number of anilines is 1. The predicted molar refractivity (Wildman–Crippen MR) is 81.2 cm³/mol. The third kappa shape index (κ3) is 3.05. The lowest BCUT2D eigenvalue weighted by Crippen LogP contribution is -2.50. The third-order valence-electron chi connectivity index (χ3n) is 3.61. The number of nitrogens with two attached hydrogens (primary N) is 1. The molecule has 2 rings (SSSR count). The Morgan fingerprint density at radius 1 is 1.39 bits per heavy atom. The molecule has 0 spiro atoms. The first-order chi connectivity index (χ1) is 8.61. The van der Waals surface area contributed by atoms with Crippen LogP contribution in [0.25, 0.3) is 0 Å². The normalized spacial score (nSPS) is 21.3. The quantitative estimate of drug-likeness (QED) is 0.928. The Kier molecular flexibility index (Phi) is 4.65. The number of piperazine rings is 1. The molecule has 0 aromatic heterocycles. The first kappa shape index (κ1) is 13.8. The molecule has 18 heavy (non-hydrogen) atoms. The molecule has 1 aromatic rings. The first-order valence-corrected chi connectivity index (χ1v) is 7.35. The summed E-state index contributed by atoms with van der Waals surface area (Å²) in [4.78, 5) is 4.87. The number of nitrogens with zero attached hydrogens (tertiary/aromatic N) is 2. The zero-order chi connectivity index (χ0) is 13.1. The molecule has 4 heteroatoms. The van der Waals surface area contributed by atoms with Gasteiger partial charge in [0.15, 0.2) is 0 Å². The van der Waals surface area contributed by atoms with Crippen molar-refractivity contribution in [3.63, 3.8) is 0 Å². The van der Waals surface area contributed by atoms with Gasteiger partial charge in [0.05, 0.1) is 0 Å². The van der Waals surface area contributed by atoms with E-state index in [1.807, 2.05) is 0 Å². The van der Waals surface area contributed by atoms with Gasteiger partial charge in [0, 0.05) is 35.8 Å². The molecule has 1 fully saturated rings. The van der Waals surface area contributed by atoms with Crippen LogP contribution in [0, 0.1) is 0 Å². The van der Waals surface area contributed by atoms with Crippen LogP contribution in [0.5, 0.6) is 0 Å². The van der Waals surface area contributed by atoms with Crippen molar-refractivity contribution >= 4 is 21.6 Å². The summed E-state index contributed by atoms with van der Waals surface area (Å²) in [6.45, 7) is 6.34. The Labute approximate surface area is 118 Å². The van der Waals surface area contributed by atoms with Gasteiger partial charge in [0.2, 0.25) is 0 Å². The van der Waals surface area contributed by atoms with Crippen molar-refractivity contribution < 1.29 is 0 Å². The van der Waals surface area contributed by atoms with E-state index >= 15 is 0 Å². The lowest BCUT2D eigenvalue weighted by atomic mass is 10.1. The molecule has 1 atom stereocenters. The lowest BCUT2D eigenvalue weighted by Gasteiger charge is -2.40. The molecule has 1 aromatic carbocycles. The highest BCUT2D eigenvalue weighted by Gasteiger charge is 2.21. The monoisotopic (exact) mass is 311 g/mol. The highest BCUT2D eigenvalue weighted by atomic mass is 79.9. The molecular formula is C14H22BrN3. The summed E-state index contributed by atoms with van der Waals surface area (Å²) in [5.41, 5.74) is 8.21. The number of rotatable bonds is 3. The summed E-state index contributed by atoms with van der Waals surface area (Å²) in [6, 6.07) is 7.21. The molecule has 0 amide bonds. The Morgan fingerprint density at radius 2 is 2.17 bits per heavy atom. The molecule has 0 bridgehead atoms. The van der Waals surface area contributed by atoms with E-state index < -0.39 is 0 Å². The second kappa shape index (κ2) is 6.04. The molecule has 0 saturated carbocycles. The molecule has 1 aliphatic rings. The van der Waals surface area contributed by atoms with E-state index in [4.69, 9.17) is 5.73 Å². The minimum Gasteiger partial charge on any atom is -0.366 e. The summed E-state index contributed by atoms with van der Waals surface area (Å²) in [7, 11) is 2.19. The average molecular weight is 312 g/mol. The molecule has 100 valence electrons. The van der Waals surface area contributed by atoms with Crippen LogP contribution < -0.4 is 10.6 Å². The van der Waals surface area contributed by atoms with E-state index in [0.29, 0.717) is 12.6 Å². The van der Waals surface area contributed by atoms with Gasteiger partial charge in [-0.3, -0.25) is 0 Å². The SMILES string of the molecule is CC1CN(C)CCN1c1ccc(CCN)c(Br)c1. The van der Waals surface area contributed by atoms with E-state index in [1.54, 1.807) is 0 Å². The van der Waals surface area contributed by atoms with Crippen LogP contribution in [0.2, 0.25) is 0 Å². The molecule has 1 aliphatic heterocycles. The second-order valence-electron chi connectivity index (χ2n) is 5.12. The van der Waals surface area contributed by atoms with Gasteiger partial charge in [-0.25, -0.2) is 0 Å². The number of halogens is 1. The topological polar surface area (TPSA) is 32.5 Å². The number of hydrogen-bond acceptors (Lipinski definition) is 3. The number of benzene rings is 1. The maximum atomic E-state index is 5.61. The minimum absolute atomic E-state index is 0.566. The van der Waals surface area contributed by atoms with Crippen molar-refractivity contribution in [3.05, 3.63) is 28.2 Å². The number of hydrogen-bond donors (Lipinski definition) is 1. The molecule has 1 saturated heterocycles. The van der Waals surface area contributed by atoms with E-state index in [0.717, 1.165) is 26.1 Å². The third-order valence-corrected chi connectivity index (χ3v) is 4.35. The van der Waals surface area contributed by atoms with Crippen molar-refractivity contribution in [2.45, 2.75) is 19.4 Å². The smallest absolute Gasteiger partial charge is 0.0389 e. The largest absolute Gasteiger partial charge is 0.366 e. The van der Waals surface area contributed by atoms with Gasteiger partial charge in [-0.2, -0.15) is 0 Å². The van der Waals surface area contributed by atoms with Crippen LogP contribution in [-0.4, -0.2) is 44.2 Å². The zero-order valence-corrected chi connectivity index (χ0v) is 12.8. The lowest BCUT2D eigenvalue weighted by molar-refractivity contribution is 0.275. The van der Waals surface area contributed by atoms with Crippen molar-refractivity contribution in [3.8, 4) is 0 Å². The van der Waals surface area contributed by atoms with Crippen LogP contribution in [-0.2, 0) is 6.42 Å². The Balaban J connectivity index is 2.16. The highest BCUT2D eigenvalue weighted by molar-refractivity contribution is 9.10. The van der Waals surface area contributed by atoms with Gasteiger partial charge >= 0.3 is 0 Å². The molecular weight excluding hydrogens is 290 g/mol. The van der Waals surface area contributed by atoms with Gasteiger partial charge in [-0.05, 0) is 44.6 Å². The van der Waals surface area contributed by atoms with Crippen LogP contribution in [0.4, 0.5) is 5.69 Å². The summed E-state index contributed by atoms with van der Waals surface area (Å²) < 4.78 is 1.18. The van der Waals surface area contributed by atoms with E-state index in [9.17, 15) is 0 Å². The Morgan fingerprint density at radius 3 is 2.78 bits per heavy atom. The fourth-order valence-corrected chi connectivity index (χ4v) is 3.16. The van der Waals surface area contributed by atoms with Gasteiger partial charge in [-0.1, -0.05) is 22.0 Å². The zero-order valence-electron chi connectivity index (χ0n) is 11.2. The average Bonchev–Trinajstić information content (AvgIpc) is 2.32. The Hall–Kier alpha value is -0.580. The van der Waals surface area contributed by atoms with Crippen molar-refractivity contribution in [1.29, 1.82) is 0 Å². The van der Waals surface area contributed by atoms with Gasteiger partial charge in [0.25, 0.3) is 0 Å². The molecule has 2 N–H and O–H groups in total. The van der Waals surface area contributed by atoms with Crippen molar-refractivity contribution in [1.82, 2.24) is 4.90 Å². The predicted octanol–water partition coefficient (Wildman–Crippen LogP) is 2.09. The molecule has 0 aliphatic carbocycles. The number of likely N-dealkylation sites (N-methyl/N-ethyl adjacent to an activating group) is 1. The first-order valence-electron chi connectivity index (χ1n) is 6.55. The highest BCUT2D eigenvalue weighted by Crippen LogP contribution is 2.27. The molecule has 1 unspecified atom stereocenters. The Bertz CT molecular complexity index is 408. The fraction of sp³-hybridized carbons (Fsp3) is 0.571. The maximum absolute atomic E-state index is 5.61. The van der Waals surface area contributed by atoms with Gasteiger partial charge in [-0.15, -0.1) is 0 Å². The van der Waals surface area contributed by atoms with E-state index in [-0.39, 0.29) is 0 Å². The fourth-order valence-electron chi connectivity index (χ4n) is 2.60. The maximum Gasteiger partial charge on any atom is 0.0389 e.